The lowest BCUT2D eigenvalue weighted by Gasteiger charge is -2.03. The van der Waals surface area contributed by atoms with E-state index in [0.717, 1.165) is 11.1 Å². The summed E-state index contributed by atoms with van der Waals surface area (Å²) in [6.07, 6.45) is 1.53. The first-order chi connectivity index (χ1) is 12.6. The second-order valence-corrected chi connectivity index (χ2v) is 6.45. The molecule has 0 aliphatic heterocycles. The molecule has 0 saturated heterocycles. The monoisotopic (exact) mass is 364 g/mol. The van der Waals surface area contributed by atoms with Crippen LogP contribution < -0.4 is 10.2 Å². The number of thiophene rings is 1. The first kappa shape index (κ1) is 17.6. The molecule has 0 atom stereocenters. The highest BCUT2D eigenvalue weighted by molar-refractivity contribution is 7.12. The molecule has 0 fully saturated rings. The van der Waals surface area contributed by atoms with Crippen molar-refractivity contribution in [2.45, 2.75) is 6.92 Å². The van der Waals surface area contributed by atoms with Gasteiger partial charge in [-0.15, -0.1) is 11.3 Å². The van der Waals surface area contributed by atoms with Crippen LogP contribution in [0.3, 0.4) is 0 Å². The number of carbonyl (C=O) groups is 2. The summed E-state index contributed by atoms with van der Waals surface area (Å²) in [5, 5.41) is 5.77. The van der Waals surface area contributed by atoms with E-state index in [2.05, 4.69) is 10.5 Å². The fraction of sp³-hybridized carbons (Fsp3) is 0.0500. The molecule has 0 bridgehead atoms. The highest BCUT2D eigenvalue weighted by Gasteiger charge is 2.09. The second-order valence-electron chi connectivity index (χ2n) is 5.50. The second kappa shape index (κ2) is 8.22. The molecule has 1 amide bonds. The quantitative estimate of drug-likeness (QED) is 0.322. The predicted octanol–water partition coefficient (Wildman–Crippen LogP) is 4.04. The molecule has 0 unspecified atom stereocenters. The molecule has 6 heteroatoms. The Bertz CT molecular complexity index is 932. The normalized spacial score (nSPS) is 10.7. The SMILES string of the molecule is Cc1cccc(C(=O)N/N=C/c2ccc(OC(=O)c3cccs3)cc2)c1. The standard InChI is InChI=1S/C20H16N2O3S/c1-14-4-2-5-16(12-14)19(23)22-21-13-15-7-9-17(10-8-15)25-20(24)18-6-3-11-26-18/h2-13H,1H3,(H,22,23)/b21-13+. The first-order valence-electron chi connectivity index (χ1n) is 7.87. The molecule has 0 saturated carbocycles. The Hall–Kier alpha value is -3.25. The van der Waals surface area contributed by atoms with Crippen molar-refractivity contribution in [3.8, 4) is 5.75 Å². The van der Waals surface area contributed by atoms with Crippen molar-refractivity contribution in [2.75, 3.05) is 0 Å². The van der Waals surface area contributed by atoms with Crippen LogP contribution in [0.25, 0.3) is 0 Å². The molecule has 1 N–H and O–H groups in total. The number of amides is 1. The fourth-order valence-electron chi connectivity index (χ4n) is 2.19. The lowest BCUT2D eigenvalue weighted by atomic mass is 10.1. The largest absolute Gasteiger partial charge is 0.422 e. The van der Waals surface area contributed by atoms with Gasteiger partial charge in [-0.05, 0) is 60.3 Å². The van der Waals surface area contributed by atoms with Crippen LogP contribution in [0.1, 0.15) is 31.2 Å². The van der Waals surface area contributed by atoms with Gasteiger partial charge in [-0.3, -0.25) is 4.79 Å². The van der Waals surface area contributed by atoms with E-state index in [4.69, 9.17) is 4.74 Å². The molecular formula is C20H16N2O3S. The van der Waals surface area contributed by atoms with Crippen molar-refractivity contribution in [3.63, 3.8) is 0 Å². The average molecular weight is 364 g/mol. The third kappa shape index (κ3) is 4.64. The van der Waals surface area contributed by atoms with E-state index in [-0.39, 0.29) is 11.9 Å². The predicted molar refractivity (Wildman–Crippen MR) is 102 cm³/mol. The number of carbonyl (C=O) groups excluding carboxylic acids is 2. The zero-order valence-corrected chi connectivity index (χ0v) is 14.8. The molecule has 3 rings (SSSR count). The van der Waals surface area contributed by atoms with Crippen molar-refractivity contribution in [3.05, 3.63) is 87.6 Å². The zero-order valence-electron chi connectivity index (χ0n) is 14.0. The fourth-order valence-corrected chi connectivity index (χ4v) is 2.79. The van der Waals surface area contributed by atoms with E-state index in [1.54, 1.807) is 48.5 Å². The van der Waals surface area contributed by atoms with Crippen molar-refractivity contribution in [1.82, 2.24) is 5.43 Å². The van der Waals surface area contributed by atoms with E-state index in [1.165, 1.54) is 17.6 Å². The summed E-state index contributed by atoms with van der Waals surface area (Å²) in [6.45, 7) is 1.92. The summed E-state index contributed by atoms with van der Waals surface area (Å²) in [5.74, 6) is -0.206. The maximum Gasteiger partial charge on any atom is 0.353 e. The summed E-state index contributed by atoms with van der Waals surface area (Å²) >= 11 is 1.33. The van der Waals surface area contributed by atoms with E-state index >= 15 is 0 Å². The minimum absolute atomic E-state index is 0.272. The Kier molecular flexibility index (Phi) is 5.56. The molecular weight excluding hydrogens is 348 g/mol. The number of hydrogen-bond acceptors (Lipinski definition) is 5. The molecule has 130 valence electrons. The van der Waals surface area contributed by atoms with Crippen molar-refractivity contribution in [2.24, 2.45) is 5.10 Å². The van der Waals surface area contributed by atoms with Gasteiger partial charge in [0.05, 0.1) is 6.21 Å². The summed E-state index contributed by atoms with van der Waals surface area (Å²) in [7, 11) is 0. The highest BCUT2D eigenvalue weighted by Crippen LogP contribution is 2.16. The van der Waals surface area contributed by atoms with Crippen LogP contribution in [0.4, 0.5) is 0 Å². The molecule has 26 heavy (non-hydrogen) atoms. The molecule has 0 aliphatic rings. The number of ether oxygens (including phenoxy) is 1. The van der Waals surface area contributed by atoms with E-state index in [0.29, 0.717) is 16.2 Å². The van der Waals surface area contributed by atoms with Crippen LogP contribution in [0, 0.1) is 6.92 Å². The number of esters is 1. The van der Waals surface area contributed by atoms with Crippen molar-refractivity contribution in [1.29, 1.82) is 0 Å². The maximum absolute atomic E-state index is 12.0. The molecule has 5 nitrogen and oxygen atoms in total. The van der Waals surface area contributed by atoms with Gasteiger partial charge in [0.25, 0.3) is 5.91 Å². The van der Waals surface area contributed by atoms with E-state index in [9.17, 15) is 9.59 Å². The Balaban J connectivity index is 1.56. The Morgan fingerprint density at radius 3 is 2.58 bits per heavy atom. The number of nitrogens with one attached hydrogen (secondary N) is 1. The van der Waals surface area contributed by atoms with Gasteiger partial charge in [-0.25, -0.2) is 10.2 Å². The molecule has 1 aromatic heterocycles. The van der Waals surface area contributed by atoms with Gasteiger partial charge < -0.3 is 4.74 Å². The molecule has 0 aliphatic carbocycles. The molecule has 0 radical (unpaired) electrons. The lowest BCUT2D eigenvalue weighted by molar-refractivity contribution is 0.0739. The van der Waals surface area contributed by atoms with Crippen LogP contribution in [0.15, 0.2) is 71.1 Å². The van der Waals surface area contributed by atoms with Gasteiger partial charge in [0.2, 0.25) is 0 Å². The number of rotatable bonds is 5. The first-order valence-corrected chi connectivity index (χ1v) is 8.75. The number of hydrogen-bond donors (Lipinski definition) is 1. The smallest absolute Gasteiger partial charge is 0.353 e. The third-order valence-electron chi connectivity index (χ3n) is 3.47. The van der Waals surface area contributed by atoms with Crippen LogP contribution in [-0.2, 0) is 0 Å². The van der Waals surface area contributed by atoms with Gasteiger partial charge in [-0.2, -0.15) is 5.10 Å². The summed E-state index contributed by atoms with van der Waals surface area (Å²) in [6, 6.07) is 17.6. The van der Waals surface area contributed by atoms with Gasteiger partial charge in [0.1, 0.15) is 10.6 Å². The van der Waals surface area contributed by atoms with Crippen LogP contribution in [0.2, 0.25) is 0 Å². The topological polar surface area (TPSA) is 67.8 Å². The molecule has 1 heterocycles. The third-order valence-corrected chi connectivity index (χ3v) is 4.32. The van der Waals surface area contributed by atoms with Crippen molar-refractivity contribution < 1.29 is 14.3 Å². The van der Waals surface area contributed by atoms with E-state index < -0.39 is 0 Å². The van der Waals surface area contributed by atoms with Gasteiger partial charge in [0, 0.05) is 5.56 Å². The number of benzene rings is 2. The number of hydrazone groups is 1. The van der Waals surface area contributed by atoms with Gasteiger partial charge in [0.15, 0.2) is 0 Å². The van der Waals surface area contributed by atoms with Crippen LogP contribution in [0.5, 0.6) is 5.75 Å². The van der Waals surface area contributed by atoms with Crippen molar-refractivity contribution >= 4 is 29.4 Å². The Morgan fingerprint density at radius 2 is 1.88 bits per heavy atom. The zero-order chi connectivity index (χ0) is 18.4. The summed E-state index contributed by atoms with van der Waals surface area (Å²) in [4.78, 5) is 24.4. The summed E-state index contributed by atoms with van der Waals surface area (Å²) < 4.78 is 5.28. The summed E-state index contributed by atoms with van der Waals surface area (Å²) in [5.41, 5.74) is 4.82. The van der Waals surface area contributed by atoms with Gasteiger partial charge in [-0.1, -0.05) is 23.8 Å². The Labute approximate surface area is 154 Å². The minimum atomic E-state index is -0.383. The van der Waals surface area contributed by atoms with Crippen LogP contribution >= 0.6 is 11.3 Å². The Morgan fingerprint density at radius 1 is 1.08 bits per heavy atom. The maximum atomic E-state index is 12.0. The van der Waals surface area contributed by atoms with Gasteiger partial charge >= 0.3 is 5.97 Å². The molecule has 2 aromatic carbocycles. The molecule has 3 aromatic rings. The highest BCUT2D eigenvalue weighted by atomic mass is 32.1. The number of nitrogens with zero attached hydrogens (tertiary/aromatic N) is 1. The van der Waals surface area contributed by atoms with Crippen LogP contribution in [-0.4, -0.2) is 18.1 Å². The lowest BCUT2D eigenvalue weighted by Crippen LogP contribution is -2.17. The minimum Gasteiger partial charge on any atom is -0.422 e. The average Bonchev–Trinajstić information content (AvgIpc) is 3.18. The van der Waals surface area contributed by atoms with E-state index in [1.807, 2.05) is 24.4 Å². The number of aryl methyl sites for hydroxylation is 1. The molecule has 0 spiro atoms.